The van der Waals surface area contributed by atoms with E-state index in [0.717, 1.165) is 12.2 Å². The zero-order valence-electron chi connectivity index (χ0n) is 11.2. The van der Waals surface area contributed by atoms with Crippen LogP contribution >= 0.6 is 0 Å². The fourth-order valence-corrected chi connectivity index (χ4v) is 2.02. The first-order valence-corrected chi connectivity index (χ1v) is 6.46. The number of alkyl halides is 2. The summed E-state index contributed by atoms with van der Waals surface area (Å²) in [6.07, 6.45) is 2.37. The molecule has 1 N–H and O–H groups in total. The molecule has 1 unspecified atom stereocenters. The van der Waals surface area contributed by atoms with Gasteiger partial charge in [-0.25, -0.2) is 0 Å². The highest BCUT2D eigenvalue weighted by Gasteiger charge is 2.14. The summed E-state index contributed by atoms with van der Waals surface area (Å²) in [7, 11) is 0. The first-order valence-electron chi connectivity index (χ1n) is 6.46. The fraction of sp³-hybridized carbons (Fsp3) is 0.333. The summed E-state index contributed by atoms with van der Waals surface area (Å²) in [5, 5.41) is 3.27. The van der Waals surface area contributed by atoms with Gasteiger partial charge in [0.05, 0.1) is 6.26 Å². The van der Waals surface area contributed by atoms with E-state index in [1.165, 1.54) is 0 Å². The van der Waals surface area contributed by atoms with Gasteiger partial charge in [-0.1, -0.05) is 18.2 Å². The zero-order chi connectivity index (χ0) is 14.4. The van der Waals surface area contributed by atoms with Crippen LogP contribution in [-0.2, 0) is 6.42 Å². The van der Waals surface area contributed by atoms with Crippen molar-refractivity contribution in [1.82, 2.24) is 5.32 Å². The number of rotatable bonds is 7. The van der Waals surface area contributed by atoms with E-state index in [0.29, 0.717) is 12.1 Å². The molecule has 108 valence electrons. The molecule has 20 heavy (non-hydrogen) atoms. The number of nitrogens with one attached hydrogen (secondary N) is 1. The molecule has 0 saturated heterocycles. The van der Waals surface area contributed by atoms with Crippen LogP contribution in [0.3, 0.4) is 0 Å². The molecular formula is C15H17F2NO2. The number of hydrogen-bond acceptors (Lipinski definition) is 3. The first-order chi connectivity index (χ1) is 9.66. The molecule has 0 saturated carbocycles. The quantitative estimate of drug-likeness (QED) is 0.838. The molecule has 0 amide bonds. The lowest BCUT2D eigenvalue weighted by Gasteiger charge is -2.17. The highest BCUT2D eigenvalue weighted by molar-refractivity contribution is 5.35. The van der Waals surface area contributed by atoms with Crippen molar-refractivity contribution in [3.63, 3.8) is 0 Å². The Balaban J connectivity index is 1.92. The van der Waals surface area contributed by atoms with Crippen LogP contribution in [0.15, 0.2) is 47.1 Å². The van der Waals surface area contributed by atoms with Gasteiger partial charge < -0.3 is 14.5 Å². The minimum Gasteiger partial charge on any atom is -0.469 e. The monoisotopic (exact) mass is 281 g/mol. The van der Waals surface area contributed by atoms with Crippen molar-refractivity contribution in [3.8, 4) is 5.75 Å². The number of ether oxygens (including phenoxy) is 1. The van der Waals surface area contributed by atoms with Crippen LogP contribution in [0.5, 0.6) is 5.75 Å². The Morgan fingerprint density at radius 2 is 2.00 bits per heavy atom. The van der Waals surface area contributed by atoms with Gasteiger partial charge in [-0.15, -0.1) is 0 Å². The molecule has 0 bridgehead atoms. The van der Waals surface area contributed by atoms with Gasteiger partial charge in [-0.2, -0.15) is 8.78 Å². The average molecular weight is 281 g/mol. The van der Waals surface area contributed by atoms with Crippen LogP contribution in [0, 0.1) is 0 Å². The highest BCUT2D eigenvalue weighted by atomic mass is 19.3. The van der Waals surface area contributed by atoms with E-state index >= 15 is 0 Å². The van der Waals surface area contributed by atoms with Crippen molar-refractivity contribution in [2.45, 2.75) is 26.0 Å². The first kappa shape index (κ1) is 14.5. The van der Waals surface area contributed by atoms with Crippen LogP contribution in [0.4, 0.5) is 8.78 Å². The van der Waals surface area contributed by atoms with Gasteiger partial charge in [0.25, 0.3) is 0 Å². The van der Waals surface area contributed by atoms with Gasteiger partial charge in [0, 0.05) is 24.6 Å². The summed E-state index contributed by atoms with van der Waals surface area (Å²) < 4.78 is 34.5. The molecule has 0 aliphatic carbocycles. The molecule has 1 aromatic carbocycles. The van der Waals surface area contributed by atoms with Crippen LogP contribution in [0.1, 0.15) is 24.3 Å². The zero-order valence-corrected chi connectivity index (χ0v) is 11.2. The molecule has 0 fully saturated rings. The van der Waals surface area contributed by atoms with E-state index in [2.05, 4.69) is 10.1 Å². The maximum atomic E-state index is 12.3. The summed E-state index contributed by atoms with van der Waals surface area (Å²) in [4.78, 5) is 0. The highest BCUT2D eigenvalue weighted by Crippen LogP contribution is 2.26. The fourth-order valence-electron chi connectivity index (χ4n) is 2.02. The third-order valence-corrected chi connectivity index (χ3v) is 3.00. The second-order valence-electron chi connectivity index (χ2n) is 4.42. The number of para-hydroxylation sites is 1. The molecule has 1 heterocycles. The van der Waals surface area contributed by atoms with E-state index in [4.69, 9.17) is 4.42 Å². The van der Waals surface area contributed by atoms with Crippen molar-refractivity contribution >= 4 is 0 Å². The molecule has 2 aromatic rings. The minimum absolute atomic E-state index is 0.0834. The lowest BCUT2D eigenvalue weighted by molar-refractivity contribution is -0.0506. The standard InChI is InChI=1S/C15H17F2NO2/c1-11(18-9-8-12-5-4-10-19-12)13-6-2-3-7-14(13)20-15(16)17/h2-7,10-11,15,18H,8-9H2,1H3. The lowest BCUT2D eigenvalue weighted by Crippen LogP contribution is -2.22. The smallest absolute Gasteiger partial charge is 0.387 e. The van der Waals surface area contributed by atoms with E-state index < -0.39 is 6.61 Å². The van der Waals surface area contributed by atoms with Gasteiger partial charge in [-0.05, 0) is 25.1 Å². The van der Waals surface area contributed by atoms with E-state index in [1.807, 2.05) is 19.1 Å². The Bertz CT molecular complexity index is 514. The largest absolute Gasteiger partial charge is 0.469 e. The molecule has 0 spiro atoms. The Morgan fingerprint density at radius 1 is 1.20 bits per heavy atom. The summed E-state index contributed by atoms with van der Waals surface area (Å²) in [5.74, 6) is 1.10. The third kappa shape index (κ3) is 4.06. The SMILES string of the molecule is CC(NCCc1ccco1)c1ccccc1OC(F)F. The third-order valence-electron chi connectivity index (χ3n) is 3.00. The average Bonchev–Trinajstić information content (AvgIpc) is 2.91. The Hall–Kier alpha value is -1.88. The topological polar surface area (TPSA) is 34.4 Å². The van der Waals surface area contributed by atoms with Gasteiger partial charge in [0.1, 0.15) is 11.5 Å². The van der Waals surface area contributed by atoms with Crippen molar-refractivity contribution in [2.75, 3.05) is 6.54 Å². The molecule has 2 rings (SSSR count). The number of halogens is 2. The van der Waals surface area contributed by atoms with Crippen molar-refractivity contribution < 1.29 is 17.9 Å². The van der Waals surface area contributed by atoms with E-state index in [9.17, 15) is 8.78 Å². The molecule has 5 heteroatoms. The molecule has 3 nitrogen and oxygen atoms in total. The van der Waals surface area contributed by atoms with Gasteiger partial charge in [0.15, 0.2) is 0 Å². The van der Waals surface area contributed by atoms with Crippen molar-refractivity contribution in [1.29, 1.82) is 0 Å². The molecule has 0 radical (unpaired) electrons. The van der Waals surface area contributed by atoms with Crippen molar-refractivity contribution in [3.05, 3.63) is 54.0 Å². The van der Waals surface area contributed by atoms with Gasteiger partial charge >= 0.3 is 6.61 Å². The summed E-state index contributed by atoms with van der Waals surface area (Å²) in [6, 6.07) is 10.5. The lowest BCUT2D eigenvalue weighted by atomic mass is 10.1. The molecule has 1 aromatic heterocycles. The van der Waals surface area contributed by atoms with E-state index in [-0.39, 0.29) is 11.8 Å². The van der Waals surface area contributed by atoms with Crippen LogP contribution in [-0.4, -0.2) is 13.2 Å². The number of hydrogen-bond donors (Lipinski definition) is 1. The molecule has 0 aliphatic rings. The molecule has 0 aliphatic heterocycles. The summed E-state index contributed by atoms with van der Waals surface area (Å²) >= 11 is 0. The van der Waals surface area contributed by atoms with Gasteiger partial charge in [0.2, 0.25) is 0 Å². The summed E-state index contributed by atoms with van der Waals surface area (Å²) in [6.45, 7) is -0.209. The maximum Gasteiger partial charge on any atom is 0.387 e. The van der Waals surface area contributed by atoms with Crippen LogP contribution in [0.25, 0.3) is 0 Å². The van der Waals surface area contributed by atoms with Crippen LogP contribution < -0.4 is 10.1 Å². The predicted octanol–water partition coefficient (Wildman–Crippen LogP) is 3.77. The Kier molecular flexibility index (Phi) is 5.12. The molecule has 1 atom stereocenters. The number of furan rings is 1. The second kappa shape index (κ2) is 7.05. The Morgan fingerprint density at radius 3 is 2.70 bits per heavy atom. The van der Waals surface area contributed by atoms with Crippen LogP contribution in [0.2, 0.25) is 0 Å². The van der Waals surface area contributed by atoms with Crippen molar-refractivity contribution in [2.24, 2.45) is 0 Å². The summed E-state index contributed by atoms with van der Waals surface area (Å²) in [5.41, 5.74) is 0.715. The molecular weight excluding hydrogens is 264 g/mol. The second-order valence-corrected chi connectivity index (χ2v) is 4.42. The van der Waals surface area contributed by atoms with Gasteiger partial charge in [-0.3, -0.25) is 0 Å². The van der Waals surface area contributed by atoms with E-state index in [1.54, 1.807) is 30.5 Å². The number of benzene rings is 1. The maximum absolute atomic E-state index is 12.3. The minimum atomic E-state index is -2.81. The normalized spacial score (nSPS) is 12.6. The predicted molar refractivity (Wildman–Crippen MR) is 71.9 cm³/mol. The Labute approximate surface area is 116 Å².